The highest BCUT2D eigenvalue weighted by atomic mass is 15.1. The van der Waals surface area contributed by atoms with Gasteiger partial charge in [-0.3, -0.25) is 0 Å². The fraction of sp³-hybridized carbons (Fsp3) is 0.147. The minimum Gasteiger partial charge on any atom is -0.310 e. The summed E-state index contributed by atoms with van der Waals surface area (Å²) < 4.78 is 0. The van der Waals surface area contributed by atoms with Crippen LogP contribution in [0.3, 0.4) is 0 Å². The average Bonchev–Trinajstić information content (AvgIpc) is 3.85. The van der Waals surface area contributed by atoms with E-state index in [2.05, 4.69) is 283 Å². The summed E-state index contributed by atoms with van der Waals surface area (Å²) in [5, 5.41) is 2.53. The van der Waals surface area contributed by atoms with Crippen LogP contribution in [0, 0.1) is 0 Å². The van der Waals surface area contributed by atoms with Crippen molar-refractivity contribution < 1.29 is 0 Å². The van der Waals surface area contributed by atoms with Gasteiger partial charge in [-0.2, -0.15) is 0 Å². The van der Waals surface area contributed by atoms with E-state index in [1.54, 1.807) is 0 Å². The van der Waals surface area contributed by atoms with Gasteiger partial charge in [0.2, 0.25) is 0 Å². The maximum Gasteiger partial charge on any atom is 0.0714 e. The van der Waals surface area contributed by atoms with Crippen LogP contribution in [-0.4, -0.2) is 0 Å². The van der Waals surface area contributed by atoms with Gasteiger partial charge >= 0.3 is 0 Å². The Morgan fingerprint density at radius 3 is 1.30 bits per heavy atom. The molecule has 10 aromatic carbocycles. The predicted molar refractivity (Wildman–Crippen MR) is 291 cm³/mol. The van der Waals surface area contributed by atoms with Crippen molar-refractivity contribution in [2.45, 2.75) is 63.2 Å². The first-order valence-electron chi connectivity index (χ1n) is 24.6. The van der Waals surface area contributed by atoms with Crippen molar-refractivity contribution in [3.63, 3.8) is 0 Å². The van der Waals surface area contributed by atoms with E-state index >= 15 is 0 Å². The van der Waals surface area contributed by atoms with E-state index < -0.39 is 10.8 Å². The van der Waals surface area contributed by atoms with Crippen molar-refractivity contribution >= 4 is 27.8 Å². The fourth-order valence-electron chi connectivity index (χ4n) is 12.0. The first kappa shape index (κ1) is 42.6. The lowest BCUT2D eigenvalue weighted by Gasteiger charge is -2.36. The first-order chi connectivity index (χ1) is 33.5. The van der Waals surface area contributed by atoms with Crippen molar-refractivity contribution in [3.05, 3.63) is 292 Å². The van der Waals surface area contributed by atoms with Crippen molar-refractivity contribution in [1.29, 1.82) is 0 Å². The van der Waals surface area contributed by atoms with Crippen molar-refractivity contribution in [2.24, 2.45) is 0 Å². The van der Waals surface area contributed by atoms with Gasteiger partial charge in [0.1, 0.15) is 0 Å². The van der Waals surface area contributed by atoms with Crippen LogP contribution in [0.2, 0.25) is 0 Å². The molecule has 0 bridgehead atoms. The Kier molecular flexibility index (Phi) is 9.84. The summed E-state index contributed by atoms with van der Waals surface area (Å²) in [5.41, 5.74) is 20.3. The van der Waals surface area contributed by atoms with Crippen LogP contribution in [0.4, 0.5) is 17.1 Å². The third-order valence-corrected chi connectivity index (χ3v) is 15.4. The molecule has 69 heavy (non-hydrogen) atoms. The van der Waals surface area contributed by atoms with Crippen molar-refractivity contribution in [2.75, 3.05) is 4.90 Å². The number of para-hydroxylation sites is 1. The molecular formula is C68H57N. The lowest BCUT2D eigenvalue weighted by Crippen LogP contribution is -2.29. The molecule has 0 heterocycles. The number of anilines is 3. The van der Waals surface area contributed by atoms with Crippen LogP contribution in [0.15, 0.2) is 237 Å². The summed E-state index contributed by atoms with van der Waals surface area (Å²) in [7, 11) is 0. The topological polar surface area (TPSA) is 3.24 Å². The molecule has 12 rings (SSSR count). The van der Waals surface area contributed by atoms with Crippen molar-refractivity contribution in [3.8, 4) is 22.3 Å². The summed E-state index contributed by atoms with van der Waals surface area (Å²) >= 11 is 0. The summed E-state index contributed by atoms with van der Waals surface area (Å²) in [4.78, 5) is 2.49. The van der Waals surface area contributed by atoms with Crippen LogP contribution < -0.4 is 4.90 Å². The number of rotatable bonds is 7. The highest BCUT2D eigenvalue weighted by molar-refractivity contribution is 6.04. The third-order valence-electron chi connectivity index (χ3n) is 15.4. The quantitative estimate of drug-likeness (QED) is 0.154. The molecule has 0 fully saturated rings. The Morgan fingerprint density at radius 2 is 0.739 bits per heavy atom. The summed E-state index contributed by atoms with van der Waals surface area (Å²) in [6, 6.07) is 89.6. The summed E-state index contributed by atoms with van der Waals surface area (Å²) in [5.74, 6) is 0. The molecule has 0 saturated carbocycles. The fourth-order valence-corrected chi connectivity index (χ4v) is 12.0. The van der Waals surface area contributed by atoms with E-state index in [1.165, 1.54) is 88.7 Å². The van der Waals surface area contributed by atoms with Crippen molar-refractivity contribution in [1.82, 2.24) is 0 Å². The molecule has 334 valence electrons. The molecule has 2 unspecified atom stereocenters. The number of benzene rings is 10. The van der Waals surface area contributed by atoms with E-state index in [0.717, 1.165) is 17.1 Å². The maximum atomic E-state index is 2.51. The average molecular weight is 888 g/mol. The number of nitrogens with zero attached hydrogens (tertiary/aromatic N) is 1. The van der Waals surface area contributed by atoms with Crippen LogP contribution in [-0.2, 0) is 21.7 Å². The monoisotopic (exact) mass is 887 g/mol. The van der Waals surface area contributed by atoms with Crippen LogP contribution >= 0.6 is 0 Å². The first-order valence-corrected chi connectivity index (χ1v) is 24.6. The van der Waals surface area contributed by atoms with Gasteiger partial charge in [0, 0.05) is 17.1 Å². The minimum atomic E-state index is -0.591. The molecule has 0 spiro atoms. The van der Waals surface area contributed by atoms with E-state index in [0.29, 0.717) is 0 Å². The second-order valence-electron chi connectivity index (χ2n) is 21.3. The number of hydrogen-bond acceptors (Lipinski definition) is 1. The zero-order valence-electron chi connectivity index (χ0n) is 40.5. The molecule has 0 N–H and O–H groups in total. The lowest BCUT2D eigenvalue weighted by atomic mass is 9.67. The summed E-state index contributed by atoms with van der Waals surface area (Å²) in [6.07, 6.45) is 0. The van der Waals surface area contributed by atoms with Gasteiger partial charge < -0.3 is 4.90 Å². The summed E-state index contributed by atoms with van der Waals surface area (Å²) in [6.45, 7) is 13.8. The van der Waals surface area contributed by atoms with Gasteiger partial charge in [0.15, 0.2) is 0 Å². The SMILES string of the molecule is CC(C)(C)c1ccc(C2(c3ccccc3)c3ccccc3-c3ccc(N(c4ccccc4)c4ccc5c(c4)C(c4ccccc4)(c4ccc(C(C)(C)C)cc4)c4ccc6ccccc6c4-5)cc32)cc1. The maximum absolute atomic E-state index is 2.51. The molecule has 2 atom stereocenters. The Morgan fingerprint density at radius 1 is 0.304 bits per heavy atom. The van der Waals surface area contributed by atoms with Gasteiger partial charge in [-0.15, -0.1) is 0 Å². The molecule has 0 radical (unpaired) electrons. The second-order valence-corrected chi connectivity index (χ2v) is 21.3. The molecular weight excluding hydrogens is 831 g/mol. The number of fused-ring (bicyclic) bond motifs is 8. The Labute approximate surface area is 408 Å². The lowest BCUT2D eigenvalue weighted by molar-refractivity contribution is 0.589. The smallest absolute Gasteiger partial charge is 0.0714 e. The molecule has 0 aliphatic heterocycles. The normalized spacial score (nSPS) is 17.0. The van der Waals surface area contributed by atoms with Gasteiger partial charge in [-0.05, 0) is 136 Å². The van der Waals surface area contributed by atoms with Crippen LogP contribution in [0.1, 0.15) is 97.2 Å². The molecule has 0 saturated heterocycles. The molecule has 10 aromatic rings. The Hall–Kier alpha value is -7.74. The molecule has 2 aliphatic carbocycles. The number of hydrogen-bond donors (Lipinski definition) is 0. The van der Waals surface area contributed by atoms with Gasteiger partial charge in [0.25, 0.3) is 0 Å². The molecule has 0 aromatic heterocycles. The van der Waals surface area contributed by atoms with Crippen LogP contribution in [0.25, 0.3) is 33.0 Å². The highest BCUT2D eigenvalue weighted by Crippen LogP contribution is 2.60. The molecule has 2 aliphatic rings. The molecule has 0 amide bonds. The third kappa shape index (κ3) is 6.51. The largest absolute Gasteiger partial charge is 0.310 e. The minimum absolute atomic E-state index is 0.0225. The zero-order chi connectivity index (χ0) is 47.1. The Bertz CT molecular complexity index is 3540. The second kappa shape index (κ2) is 15.9. The Balaban J connectivity index is 1.13. The van der Waals surface area contributed by atoms with Gasteiger partial charge in [0.05, 0.1) is 10.8 Å². The van der Waals surface area contributed by atoms with E-state index in [1.807, 2.05) is 0 Å². The van der Waals surface area contributed by atoms with E-state index in [9.17, 15) is 0 Å². The molecule has 1 nitrogen and oxygen atoms in total. The molecule has 1 heteroatoms. The van der Waals surface area contributed by atoms with E-state index in [4.69, 9.17) is 0 Å². The predicted octanol–water partition coefficient (Wildman–Crippen LogP) is 17.6. The van der Waals surface area contributed by atoms with Gasteiger partial charge in [-0.1, -0.05) is 242 Å². The van der Waals surface area contributed by atoms with E-state index in [-0.39, 0.29) is 10.8 Å². The van der Waals surface area contributed by atoms with Crippen LogP contribution in [0.5, 0.6) is 0 Å². The van der Waals surface area contributed by atoms with Gasteiger partial charge in [-0.25, -0.2) is 0 Å². The standard InChI is InChI=1S/C68H57N/c1-65(2,3)47-31-35-51(36-32-47)67(49-21-10-7-11-22-49)60-29-19-18-28-57(60)58-41-39-54(44-62(58)67)69(53-25-14-9-15-26-53)55-40-42-59-63(45-55)68(50-23-12-8-13-24-50,52-37-33-48(34-38-52)66(4,5)6)61-43-30-46-20-16-17-27-56(46)64(59)61/h7-45H,1-6H3. The highest BCUT2D eigenvalue weighted by Gasteiger charge is 2.49. The zero-order valence-corrected chi connectivity index (χ0v) is 40.5.